The van der Waals surface area contributed by atoms with Crippen LogP contribution in [0.15, 0.2) is 12.4 Å². The average molecular weight is 340 g/mol. The Balaban J connectivity index is 1.85. The van der Waals surface area contributed by atoms with Crippen molar-refractivity contribution in [3.05, 3.63) is 18.0 Å². The highest BCUT2D eigenvalue weighted by atomic mass is 32.2. The van der Waals surface area contributed by atoms with Crippen LogP contribution in [0.25, 0.3) is 0 Å². The van der Waals surface area contributed by atoms with Gasteiger partial charge in [0.15, 0.2) is 0 Å². The molecule has 23 heavy (non-hydrogen) atoms. The fraction of sp³-hybridized carbons (Fsp3) is 0.733. The van der Waals surface area contributed by atoms with Gasteiger partial charge in [0.2, 0.25) is 15.9 Å². The average Bonchev–Trinajstić information content (AvgIpc) is 3.26. The number of likely N-dealkylation sites (tertiary alicyclic amines) is 1. The summed E-state index contributed by atoms with van der Waals surface area (Å²) in [6.07, 6.45) is 6.99. The first-order chi connectivity index (χ1) is 10.9. The topological polar surface area (TPSA) is 84.3 Å². The van der Waals surface area contributed by atoms with E-state index in [0.29, 0.717) is 25.4 Å². The number of piperidine rings is 1. The van der Waals surface area contributed by atoms with Crippen molar-refractivity contribution in [3.63, 3.8) is 0 Å². The Morgan fingerprint density at radius 3 is 2.65 bits per heavy atom. The molecular weight excluding hydrogens is 316 g/mol. The van der Waals surface area contributed by atoms with Crippen LogP contribution in [0.2, 0.25) is 0 Å². The molecule has 0 spiro atoms. The molecule has 1 aliphatic carbocycles. The molecule has 1 saturated carbocycles. The molecule has 0 aromatic carbocycles. The molecule has 1 saturated heterocycles. The Morgan fingerprint density at radius 1 is 1.35 bits per heavy atom. The molecule has 1 aliphatic heterocycles. The van der Waals surface area contributed by atoms with Crippen LogP contribution < -0.4 is 4.72 Å². The van der Waals surface area contributed by atoms with E-state index in [1.807, 2.05) is 18.1 Å². The molecule has 2 aliphatic rings. The van der Waals surface area contributed by atoms with E-state index in [0.717, 1.165) is 18.4 Å². The van der Waals surface area contributed by atoms with Crippen LogP contribution >= 0.6 is 0 Å². The highest BCUT2D eigenvalue weighted by molar-refractivity contribution is 7.89. The van der Waals surface area contributed by atoms with E-state index in [1.165, 1.54) is 0 Å². The molecule has 8 heteroatoms. The lowest BCUT2D eigenvalue weighted by Gasteiger charge is -2.41. The Hall–Kier alpha value is -1.41. The number of amides is 1. The van der Waals surface area contributed by atoms with Gasteiger partial charge >= 0.3 is 0 Å². The summed E-state index contributed by atoms with van der Waals surface area (Å²) in [4.78, 5) is 14.4. The first-order valence-electron chi connectivity index (χ1n) is 8.18. The molecule has 3 rings (SSSR count). The molecule has 0 unspecified atom stereocenters. The highest BCUT2D eigenvalue weighted by Crippen LogP contribution is 2.43. The van der Waals surface area contributed by atoms with Gasteiger partial charge in [-0.05, 0) is 32.1 Å². The van der Waals surface area contributed by atoms with Gasteiger partial charge in [-0.25, -0.2) is 13.1 Å². The van der Waals surface area contributed by atoms with Crippen molar-refractivity contribution in [2.24, 2.45) is 13.0 Å². The molecule has 1 amide bonds. The predicted molar refractivity (Wildman–Crippen MR) is 86.0 cm³/mol. The highest BCUT2D eigenvalue weighted by Gasteiger charge is 2.44. The molecule has 0 radical (unpaired) electrons. The molecule has 128 valence electrons. The first kappa shape index (κ1) is 16.4. The number of hydrogen-bond acceptors (Lipinski definition) is 4. The molecule has 1 aromatic heterocycles. The Bertz CT molecular complexity index is 681. The van der Waals surface area contributed by atoms with E-state index in [9.17, 15) is 13.2 Å². The zero-order valence-corrected chi connectivity index (χ0v) is 14.4. The van der Waals surface area contributed by atoms with Crippen molar-refractivity contribution in [2.75, 3.05) is 12.3 Å². The van der Waals surface area contributed by atoms with E-state index in [1.54, 1.807) is 17.8 Å². The minimum Gasteiger partial charge on any atom is -0.332 e. The lowest BCUT2D eigenvalue weighted by molar-refractivity contribution is -0.139. The van der Waals surface area contributed by atoms with Crippen molar-refractivity contribution in [3.8, 4) is 0 Å². The quantitative estimate of drug-likeness (QED) is 0.830. The molecule has 1 aromatic rings. The van der Waals surface area contributed by atoms with Crippen molar-refractivity contribution in [2.45, 2.75) is 44.7 Å². The zero-order valence-electron chi connectivity index (χ0n) is 13.6. The number of carbonyl (C=O) groups is 1. The molecular formula is C15H24N4O3S. The van der Waals surface area contributed by atoms with E-state index in [4.69, 9.17) is 0 Å². The zero-order chi connectivity index (χ0) is 16.6. The second-order valence-electron chi connectivity index (χ2n) is 6.47. The summed E-state index contributed by atoms with van der Waals surface area (Å²) in [7, 11) is -1.38. The van der Waals surface area contributed by atoms with Gasteiger partial charge in [0.05, 0.1) is 18.0 Å². The Labute approximate surface area is 137 Å². The second kappa shape index (κ2) is 6.24. The van der Waals surface area contributed by atoms with E-state index in [2.05, 4.69) is 9.82 Å². The maximum absolute atomic E-state index is 12.4. The summed E-state index contributed by atoms with van der Waals surface area (Å²) in [6.45, 7) is 1.99. The van der Waals surface area contributed by atoms with Gasteiger partial charge in [0, 0.05) is 37.8 Å². The van der Waals surface area contributed by atoms with Crippen LogP contribution in [0.5, 0.6) is 0 Å². The van der Waals surface area contributed by atoms with Crippen molar-refractivity contribution < 1.29 is 13.2 Å². The number of carbonyl (C=O) groups excluding carboxylic acids is 1. The molecule has 2 heterocycles. The summed E-state index contributed by atoms with van der Waals surface area (Å²) in [5.41, 5.74) is 0.994. The van der Waals surface area contributed by atoms with E-state index < -0.39 is 10.0 Å². The van der Waals surface area contributed by atoms with Gasteiger partial charge in [-0.15, -0.1) is 0 Å². The van der Waals surface area contributed by atoms with Gasteiger partial charge in [0.1, 0.15) is 0 Å². The number of hydrogen-bond donors (Lipinski definition) is 1. The summed E-state index contributed by atoms with van der Waals surface area (Å²) in [5.74, 6) is 0.331. The number of nitrogens with zero attached hydrogens (tertiary/aromatic N) is 3. The minimum absolute atomic E-state index is 0.0720. The minimum atomic E-state index is -3.23. The summed E-state index contributed by atoms with van der Waals surface area (Å²) < 4.78 is 28.0. The van der Waals surface area contributed by atoms with Crippen LogP contribution in [0.1, 0.15) is 44.2 Å². The second-order valence-corrected chi connectivity index (χ2v) is 8.57. The fourth-order valence-corrected chi connectivity index (χ4v) is 4.01. The van der Waals surface area contributed by atoms with Crippen LogP contribution in [0.3, 0.4) is 0 Å². The third kappa shape index (κ3) is 3.58. The Kier molecular flexibility index (Phi) is 4.46. The molecule has 2 atom stereocenters. The SMILES string of the molecule is CCS(=O)(=O)NC[C@H]1CCC(=O)N(C2CC2)[C@@H]1c1cnn(C)c1. The largest absolute Gasteiger partial charge is 0.332 e. The van der Waals surface area contributed by atoms with Gasteiger partial charge in [-0.1, -0.05) is 0 Å². The molecule has 0 bridgehead atoms. The lowest BCUT2D eigenvalue weighted by Crippen LogP contribution is -2.47. The molecule has 7 nitrogen and oxygen atoms in total. The maximum Gasteiger partial charge on any atom is 0.223 e. The number of aromatic nitrogens is 2. The first-order valence-corrected chi connectivity index (χ1v) is 9.83. The summed E-state index contributed by atoms with van der Waals surface area (Å²) >= 11 is 0. The van der Waals surface area contributed by atoms with Gasteiger partial charge in [-0.2, -0.15) is 5.10 Å². The predicted octanol–water partition coefficient (Wildman–Crippen LogP) is 0.801. The number of rotatable bonds is 6. The summed E-state index contributed by atoms with van der Waals surface area (Å²) in [5, 5.41) is 4.23. The number of aryl methyl sites for hydroxylation is 1. The van der Waals surface area contributed by atoms with Crippen LogP contribution in [0, 0.1) is 5.92 Å². The number of nitrogens with one attached hydrogen (secondary N) is 1. The molecule has 2 fully saturated rings. The third-order valence-corrected chi connectivity index (χ3v) is 6.08. The lowest BCUT2D eigenvalue weighted by atomic mass is 9.85. The third-order valence-electron chi connectivity index (χ3n) is 4.72. The molecule has 1 N–H and O–H groups in total. The summed E-state index contributed by atoms with van der Waals surface area (Å²) in [6, 6.07) is 0.218. The van der Waals surface area contributed by atoms with Crippen LogP contribution in [0.4, 0.5) is 0 Å². The van der Waals surface area contributed by atoms with Crippen LogP contribution in [-0.2, 0) is 21.9 Å². The van der Waals surface area contributed by atoms with Crippen LogP contribution in [-0.4, -0.2) is 47.3 Å². The van der Waals surface area contributed by atoms with Crippen molar-refractivity contribution in [1.82, 2.24) is 19.4 Å². The normalized spacial score (nSPS) is 25.8. The van der Waals surface area contributed by atoms with Gasteiger partial charge < -0.3 is 4.90 Å². The number of sulfonamides is 1. The monoisotopic (exact) mass is 340 g/mol. The van der Waals surface area contributed by atoms with Crippen molar-refractivity contribution >= 4 is 15.9 Å². The van der Waals surface area contributed by atoms with Gasteiger partial charge in [0.25, 0.3) is 0 Å². The van der Waals surface area contributed by atoms with Crippen molar-refractivity contribution in [1.29, 1.82) is 0 Å². The standard InChI is InChI=1S/C15H24N4O3S/c1-3-23(21,22)17-9-11-4-7-14(20)19(13-5-6-13)15(11)12-8-16-18(2)10-12/h8,10-11,13,15,17H,3-7,9H2,1-2H3/t11-,15+/m1/s1. The fourth-order valence-electron chi connectivity index (χ4n) is 3.34. The smallest absolute Gasteiger partial charge is 0.223 e. The van der Waals surface area contributed by atoms with Gasteiger partial charge in [-0.3, -0.25) is 9.48 Å². The van der Waals surface area contributed by atoms with E-state index in [-0.39, 0.29) is 23.6 Å². The Morgan fingerprint density at radius 2 is 2.09 bits per heavy atom. The van der Waals surface area contributed by atoms with E-state index >= 15 is 0 Å². The maximum atomic E-state index is 12.4.